The lowest BCUT2D eigenvalue weighted by Crippen LogP contribution is -2.40. The Labute approximate surface area is 162 Å². The second kappa shape index (κ2) is 12.2. The van der Waals surface area contributed by atoms with Crippen LogP contribution in [0.25, 0.3) is 0 Å². The topological polar surface area (TPSA) is 68.3 Å². The van der Waals surface area contributed by atoms with Crippen molar-refractivity contribution in [2.24, 2.45) is 0 Å². The van der Waals surface area contributed by atoms with E-state index in [-0.39, 0.29) is 18.3 Å². The van der Waals surface area contributed by atoms with Gasteiger partial charge in [0, 0.05) is 25.2 Å². The van der Waals surface area contributed by atoms with Gasteiger partial charge in [-0.3, -0.25) is 9.59 Å². The Hall–Kier alpha value is -2.28. The van der Waals surface area contributed by atoms with Crippen LogP contribution in [0.2, 0.25) is 0 Å². The largest absolute Gasteiger partial charge is 0.493 e. The van der Waals surface area contributed by atoms with Gasteiger partial charge in [0.2, 0.25) is 0 Å². The number of hydrogen-bond acceptors (Lipinski definition) is 6. The average Bonchev–Trinajstić information content (AvgIpc) is 2.69. The Morgan fingerprint density at radius 1 is 0.926 bits per heavy atom. The van der Waals surface area contributed by atoms with Crippen LogP contribution in [0.1, 0.15) is 37.6 Å². The van der Waals surface area contributed by atoms with Crippen molar-refractivity contribution in [2.45, 2.75) is 27.2 Å². The maximum Gasteiger partial charge on any atom is 0.307 e. The third-order valence-electron chi connectivity index (χ3n) is 4.39. The van der Waals surface area contributed by atoms with E-state index in [4.69, 9.17) is 14.2 Å². The molecule has 0 bridgehead atoms. The zero-order valence-electron chi connectivity index (χ0n) is 17.1. The number of amides is 1. The van der Waals surface area contributed by atoms with E-state index in [1.54, 1.807) is 37.1 Å². The zero-order valence-corrected chi connectivity index (χ0v) is 17.1. The average molecular weight is 380 g/mol. The molecule has 0 aliphatic rings. The summed E-state index contributed by atoms with van der Waals surface area (Å²) in [6.07, 6.45) is 0.172. The number of methoxy groups -OCH3 is 2. The van der Waals surface area contributed by atoms with E-state index in [2.05, 4.69) is 18.7 Å². The molecular formula is C20H32N2O5. The lowest BCUT2D eigenvalue weighted by Gasteiger charge is -2.26. The van der Waals surface area contributed by atoms with Gasteiger partial charge < -0.3 is 24.0 Å². The molecule has 1 aromatic rings. The molecule has 0 heterocycles. The predicted octanol–water partition coefficient (Wildman–Crippen LogP) is 2.44. The van der Waals surface area contributed by atoms with E-state index in [0.29, 0.717) is 36.8 Å². The first-order chi connectivity index (χ1) is 13.0. The Kier molecular flexibility index (Phi) is 10.3. The fraction of sp³-hybridized carbons (Fsp3) is 0.600. The third kappa shape index (κ3) is 7.09. The van der Waals surface area contributed by atoms with Crippen LogP contribution in [0.3, 0.4) is 0 Å². The number of likely N-dealkylation sites (N-methyl/N-ethyl adjacent to an activating group) is 1. The Morgan fingerprint density at radius 3 is 2.15 bits per heavy atom. The van der Waals surface area contributed by atoms with Crippen molar-refractivity contribution >= 4 is 11.9 Å². The highest BCUT2D eigenvalue weighted by Crippen LogP contribution is 2.28. The summed E-state index contributed by atoms with van der Waals surface area (Å²) in [4.78, 5) is 28.7. The molecule has 1 amide bonds. The maximum absolute atomic E-state index is 13.0. The predicted molar refractivity (Wildman–Crippen MR) is 104 cm³/mol. The van der Waals surface area contributed by atoms with E-state index in [9.17, 15) is 9.59 Å². The summed E-state index contributed by atoms with van der Waals surface area (Å²) < 4.78 is 15.5. The van der Waals surface area contributed by atoms with Crippen molar-refractivity contribution in [3.05, 3.63) is 23.8 Å². The number of carbonyl (C=O) groups is 2. The van der Waals surface area contributed by atoms with Crippen LogP contribution in [0.5, 0.6) is 11.5 Å². The highest BCUT2D eigenvalue weighted by atomic mass is 16.5. The number of rotatable bonds is 12. The first kappa shape index (κ1) is 22.8. The molecule has 0 spiro atoms. The van der Waals surface area contributed by atoms with Crippen LogP contribution in [0, 0.1) is 0 Å². The van der Waals surface area contributed by atoms with Crippen molar-refractivity contribution in [3.8, 4) is 11.5 Å². The van der Waals surface area contributed by atoms with E-state index in [1.807, 2.05) is 0 Å². The second-order valence-electron chi connectivity index (χ2n) is 5.94. The van der Waals surface area contributed by atoms with E-state index in [1.165, 1.54) is 7.11 Å². The smallest absolute Gasteiger partial charge is 0.307 e. The summed E-state index contributed by atoms with van der Waals surface area (Å²) in [6.45, 7) is 9.69. The normalized spacial score (nSPS) is 10.6. The number of carbonyl (C=O) groups excluding carboxylic acids is 2. The van der Waals surface area contributed by atoms with Crippen molar-refractivity contribution < 1.29 is 23.8 Å². The molecule has 0 atom stereocenters. The second-order valence-corrected chi connectivity index (χ2v) is 5.94. The Morgan fingerprint density at radius 2 is 1.59 bits per heavy atom. The van der Waals surface area contributed by atoms with Crippen LogP contribution in [0.4, 0.5) is 0 Å². The van der Waals surface area contributed by atoms with Gasteiger partial charge in [-0.15, -0.1) is 0 Å². The van der Waals surface area contributed by atoms with Gasteiger partial charge in [-0.1, -0.05) is 13.8 Å². The summed E-state index contributed by atoms with van der Waals surface area (Å²) in [7, 11) is 3.08. The zero-order chi connectivity index (χ0) is 20.2. The summed E-state index contributed by atoms with van der Waals surface area (Å²) in [5, 5.41) is 0. The van der Waals surface area contributed by atoms with Crippen LogP contribution in [-0.2, 0) is 9.53 Å². The molecule has 0 unspecified atom stereocenters. The quantitative estimate of drug-likeness (QED) is 0.519. The first-order valence-electron chi connectivity index (χ1n) is 9.39. The number of benzene rings is 1. The van der Waals surface area contributed by atoms with E-state index >= 15 is 0 Å². The minimum Gasteiger partial charge on any atom is -0.493 e. The SMILES string of the molecule is CCOC(=O)CCN(CCN(CC)CC)C(=O)c1ccc(OC)c(OC)c1. The lowest BCUT2D eigenvalue weighted by molar-refractivity contribution is -0.143. The standard InChI is InChI=1S/C20H32N2O5/c1-6-21(7-2)13-14-22(12-11-19(23)27-8-3)20(24)16-9-10-17(25-4)18(15-16)26-5/h9-10,15H,6-8,11-14H2,1-5H3. The van der Waals surface area contributed by atoms with Gasteiger partial charge in [-0.25, -0.2) is 0 Å². The molecule has 27 heavy (non-hydrogen) atoms. The molecule has 7 heteroatoms. The Balaban J connectivity index is 2.94. The molecule has 1 aromatic carbocycles. The number of esters is 1. The molecule has 0 saturated carbocycles. The number of nitrogens with zero attached hydrogens (tertiary/aromatic N) is 2. The van der Waals surface area contributed by atoms with Crippen molar-refractivity contribution in [1.29, 1.82) is 0 Å². The highest BCUT2D eigenvalue weighted by molar-refractivity contribution is 5.95. The third-order valence-corrected chi connectivity index (χ3v) is 4.39. The van der Waals surface area contributed by atoms with Crippen molar-refractivity contribution in [2.75, 3.05) is 53.6 Å². The molecule has 0 aliphatic heterocycles. The molecule has 0 radical (unpaired) electrons. The van der Waals surface area contributed by atoms with Crippen LogP contribution in [-0.4, -0.2) is 75.2 Å². The van der Waals surface area contributed by atoms with E-state index < -0.39 is 0 Å². The molecule has 0 N–H and O–H groups in total. The summed E-state index contributed by atoms with van der Waals surface area (Å²) in [5.41, 5.74) is 0.496. The minimum absolute atomic E-state index is 0.146. The van der Waals surface area contributed by atoms with Gasteiger partial charge in [0.15, 0.2) is 11.5 Å². The van der Waals surface area contributed by atoms with Crippen molar-refractivity contribution in [3.63, 3.8) is 0 Å². The molecule has 0 aliphatic carbocycles. The number of ether oxygens (including phenoxy) is 3. The van der Waals surface area contributed by atoms with Gasteiger partial charge in [0.1, 0.15) is 0 Å². The lowest BCUT2D eigenvalue weighted by atomic mass is 10.1. The fourth-order valence-electron chi connectivity index (χ4n) is 2.73. The number of hydrogen-bond donors (Lipinski definition) is 0. The fourth-order valence-corrected chi connectivity index (χ4v) is 2.73. The van der Waals surface area contributed by atoms with Gasteiger partial charge in [0.05, 0.1) is 27.2 Å². The van der Waals surface area contributed by atoms with Crippen molar-refractivity contribution in [1.82, 2.24) is 9.80 Å². The van der Waals surface area contributed by atoms with Crippen LogP contribution < -0.4 is 9.47 Å². The Bertz CT molecular complexity index is 602. The highest BCUT2D eigenvalue weighted by Gasteiger charge is 2.19. The molecular weight excluding hydrogens is 348 g/mol. The van der Waals surface area contributed by atoms with Gasteiger partial charge in [0.25, 0.3) is 5.91 Å². The van der Waals surface area contributed by atoms with Gasteiger partial charge in [-0.2, -0.15) is 0 Å². The molecule has 0 saturated heterocycles. The van der Waals surface area contributed by atoms with Crippen LogP contribution in [0.15, 0.2) is 18.2 Å². The molecule has 7 nitrogen and oxygen atoms in total. The van der Waals surface area contributed by atoms with E-state index in [0.717, 1.165) is 19.6 Å². The minimum atomic E-state index is -0.301. The van der Waals surface area contributed by atoms with Gasteiger partial charge >= 0.3 is 5.97 Å². The summed E-state index contributed by atoms with van der Waals surface area (Å²) in [6, 6.07) is 5.08. The molecule has 0 fully saturated rings. The monoisotopic (exact) mass is 380 g/mol. The molecule has 1 rings (SSSR count). The molecule has 152 valence electrons. The molecule has 0 aromatic heterocycles. The summed E-state index contributed by atoms with van der Waals surface area (Å²) in [5.74, 6) is 0.616. The van der Waals surface area contributed by atoms with Crippen LogP contribution >= 0.6 is 0 Å². The first-order valence-corrected chi connectivity index (χ1v) is 9.39. The van der Waals surface area contributed by atoms with Gasteiger partial charge in [-0.05, 0) is 38.2 Å². The summed E-state index contributed by atoms with van der Waals surface area (Å²) >= 11 is 0. The maximum atomic E-state index is 13.0.